The minimum atomic E-state index is -4.26. The molecule has 2 heterocycles. The van der Waals surface area contributed by atoms with E-state index in [2.05, 4.69) is 25.0 Å². The Bertz CT molecular complexity index is 873. The normalized spacial score (nSPS) is 11.0. The van der Waals surface area contributed by atoms with Gasteiger partial charge in [0.25, 0.3) is 10.0 Å². The molecule has 0 bridgehead atoms. The number of sulfonamides is 1. The van der Waals surface area contributed by atoms with Crippen molar-refractivity contribution in [2.45, 2.75) is 18.1 Å². The standard InChI is InChI=1S/C12H13N5O5S2/c1-6-13-7(2)15-11(14-6)16-12(19)17-24(20,21)10-8(4-5-23-10)9(18)22-3/h4-5H,1-3H3,(H2,13,14,15,16,17,19). The number of nitrogens with one attached hydrogen (secondary N) is 2. The van der Waals surface area contributed by atoms with Crippen molar-refractivity contribution in [3.05, 3.63) is 28.7 Å². The third-order valence-corrected chi connectivity index (χ3v) is 5.41. The molecule has 0 radical (unpaired) electrons. The molecule has 0 saturated carbocycles. The van der Waals surface area contributed by atoms with Crippen LogP contribution in [0.25, 0.3) is 0 Å². The van der Waals surface area contributed by atoms with Crippen LogP contribution in [0.5, 0.6) is 0 Å². The number of carbonyl (C=O) groups is 2. The topological polar surface area (TPSA) is 140 Å². The minimum absolute atomic E-state index is 0.0907. The van der Waals surface area contributed by atoms with E-state index in [0.29, 0.717) is 11.6 Å². The average molecular weight is 371 g/mol. The summed E-state index contributed by atoms with van der Waals surface area (Å²) in [5, 5.41) is 3.60. The van der Waals surface area contributed by atoms with Crippen molar-refractivity contribution in [3.8, 4) is 0 Å². The van der Waals surface area contributed by atoms with Gasteiger partial charge in [-0.3, -0.25) is 5.32 Å². The van der Waals surface area contributed by atoms with Crippen LogP contribution in [-0.2, 0) is 14.8 Å². The van der Waals surface area contributed by atoms with Crippen LogP contribution in [0.4, 0.5) is 10.7 Å². The highest BCUT2D eigenvalue weighted by Crippen LogP contribution is 2.23. The maximum Gasteiger partial charge on any atom is 0.340 e. The third kappa shape index (κ3) is 4.02. The zero-order valence-corrected chi connectivity index (χ0v) is 14.5. The summed E-state index contributed by atoms with van der Waals surface area (Å²) in [5.74, 6) is -0.174. The molecule has 10 nitrogen and oxygen atoms in total. The Morgan fingerprint density at radius 1 is 1.17 bits per heavy atom. The fourth-order valence-electron chi connectivity index (χ4n) is 1.73. The summed E-state index contributed by atoms with van der Waals surface area (Å²) in [5.41, 5.74) is -0.158. The van der Waals surface area contributed by atoms with Gasteiger partial charge in [0, 0.05) is 0 Å². The molecule has 0 fully saturated rings. The van der Waals surface area contributed by atoms with Crippen molar-refractivity contribution >= 4 is 39.3 Å². The SMILES string of the molecule is COC(=O)c1ccsc1S(=O)(=O)NC(=O)Nc1nc(C)nc(C)n1. The molecule has 0 atom stereocenters. The van der Waals surface area contributed by atoms with Gasteiger partial charge >= 0.3 is 12.0 Å². The summed E-state index contributed by atoms with van der Waals surface area (Å²) >= 11 is 0.781. The van der Waals surface area contributed by atoms with Gasteiger partial charge in [0.2, 0.25) is 5.95 Å². The monoisotopic (exact) mass is 371 g/mol. The first kappa shape index (κ1) is 17.7. The smallest absolute Gasteiger partial charge is 0.340 e. The first-order valence-corrected chi connectivity index (χ1v) is 8.78. The van der Waals surface area contributed by atoms with Crippen LogP contribution < -0.4 is 10.0 Å². The van der Waals surface area contributed by atoms with Crippen LogP contribution >= 0.6 is 11.3 Å². The molecule has 2 rings (SSSR count). The lowest BCUT2D eigenvalue weighted by Crippen LogP contribution is -2.35. The first-order chi connectivity index (χ1) is 11.2. The highest BCUT2D eigenvalue weighted by atomic mass is 32.2. The van der Waals surface area contributed by atoms with Gasteiger partial charge in [-0.2, -0.15) is 9.97 Å². The van der Waals surface area contributed by atoms with E-state index in [1.807, 2.05) is 0 Å². The lowest BCUT2D eigenvalue weighted by atomic mass is 10.3. The summed E-state index contributed by atoms with van der Waals surface area (Å²) in [6.07, 6.45) is 0. The van der Waals surface area contributed by atoms with Crippen LogP contribution in [-0.4, -0.2) is 42.5 Å². The molecule has 0 spiro atoms. The van der Waals surface area contributed by atoms with E-state index in [9.17, 15) is 18.0 Å². The number of nitrogens with zero attached hydrogens (tertiary/aromatic N) is 3. The Labute approximate surface area is 141 Å². The number of hydrogen-bond acceptors (Lipinski definition) is 9. The van der Waals surface area contributed by atoms with E-state index in [-0.39, 0.29) is 15.7 Å². The van der Waals surface area contributed by atoms with E-state index in [0.717, 1.165) is 18.4 Å². The summed E-state index contributed by atoms with van der Waals surface area (Å²) in [6.45, 7) is 3.20. The van der Waals surface area contributed by atoms with E-state index in [4.69, 9.17) is 0 Å². The lowest BCUT2D eigenvalue weighted by molar-refractivity contribution is 0.0597. The second-order valence-corrected chi connectivity index (χ2v) is 7.22. The number of hydrogen-bond donors (Lipinski definition) is 2. The van der Waals surface area contributed by atoms with E-state index >= 15 is 0 Å². The number of carbonyl (C=O) groups excluding carboxylic acids is 2. The Hall–Kier alpha value is -2.60. The molecule has 0 aliphatic heterocycles. The van der Waals surface area contributed by atoms with Crippen LogP contribution in [0, 0.1) is 13.8 Å². The highest BCUT2D eigenvalue weighted by molar-refractivity contribution is 7.92. The van der Waals surface area contributed by atoms with Gasteiger partial charge in [0.15, 0.2) is 4.21 Å². The second-order valence-electron chi connectivity index (χ2n) is 4.43. The number of esters is 1. The van der Waals surface area contributed by atoms with Gasteiger partial charge in [-0.1, -0.05) is 0 Å². The molecule has 128 valence electrons. The van der Waals surface area contributed by atoms with Crippen LogP contribution in [0.1, 0.15) is 22.0 Å². The number of amides is 2. The fourth-order valence-corrected chi connectivity index (χ4v) is 3.96. The molecule has 0 aromatic carbocycles. The minimum Gasteiger partial charge on any atom is -0.465 e. The highest BCUT2D eigenvalue weighted by Gasteiger charge is 2.26. The van der Waals surface area contributed by atoms with E-state index < -0.39 is 22.0 Å². The Morgan fingerprint density at radius 2 is 1.79 bits per heavy atom. The number of aromatic nitrogens is 3. The summed E-state index contributed by atoms with van der Waals surface area (Å²) < 4.78 is 30.5. The van der Waals surface area contributed by atoms with Crippen molar-refractivity contribution in [2.24, 2.45) is 0 Å². The second kappa shape index (κ2) is 6.88. The van der Waals surface area contributed by atoms with Gasteiger partial charge in [-0.05, 0) is 25.3 Å². The molecule has 2 amide bonds. The average Bonchev–Trinajstić information content (AvgIpc) is 2.94. The van der Waals surface area contributed by atoms with Crippen molar-refractivity contribution in [1.82, 2.24) is 19.7 Å². The lowest BCUT2D eigenvalue weighted by Gasteiger charge is -2.08. The first-order valence-electron chi connectivity index (χ1n) is 6.42. The Morgan fingerprint density at radius 3 is 2.38 bits per heavy atom. The number of ether oxygens (including phenoxy) is 1. The van der Waals surface area contributed by atoms with Crippen molar-refractivity contribution in [1.29, 1.82) is 0 Å². The molecule has 24 heavy (non-hydrogen) atoms. The molecule has 0 unspecified atom stereocenters. The molecular formula is C12H13N5O5S2. The van der Waals surface area contributed by atoms with Gasteiger partial charge in [0.05, 0.1) is 12.7 Å². The molecule has 0 saturated heterocycles. The Kier molecular flexibility index (Phi) is 5.09. The number of rotatable bonds is 4. The van der Waals surface area contributed by atoms with Gasteiger partial charge in [0.1, 0.15) is 11.6 Å². The maximum atomic E-state index is 12.2. The fraction of sp³-hybridized carbons (Fsp3) is 0.250. The van der Waals surface area contributed by atoms with Crippen LogP contribution in [0.15, 0.2) is 15.7 Å². The maximum absolute atomic E-state index is 12.2. The molecular weight excluding hydrogens is 358 g/mol. The number of anilines is 1. The van der Waals surface area contributed by atoms with Crippen molar-refractivity contribution < 1.29 is 22.7 Å². The predicted molar refractivity (Wildman–Crippen MR) is 84.3 cm³/mol. The number of aryl methyl sites for hydroxylation is 2. The van der Waals surface area contributed by atoms with Gasteiger partial charge in [-0.15, -0.1) is 11.3 Å². The van der Waals surface area contributed by atoms with E-state index in [1.54, 1.807) is 18.6 Å². The van der Waals surface area contributed by atoms with Gasteiger partial charge < -0.3 is 4.74 Å². The zero-order chi connectivity index (χ0) is 17.9. The number of methoxy groups -OCH3 is 1. The number of urea groups is 1. The largest absolute Gasteiger partial charge is 0.465 e. The van der Waals surface area contributed by atoms with Gasteiger partial charge in [-0.25, -0.2) is 27.7 Å². The quantitative estimate of drug-likeness (QED) is 0.754. The molecule has 2 aromatic heterocycles. The van der Waals surface area contributed by atoms with E-state index in [1.165, 1.54) is 11.4 Å². The van der Waals surface area contributed by atoms with Crippen molar-refractivity contribution in [3.63, 3.8) is 0 Å². The summed E-state index contributed by atoms with van der Waals surface area (Å²) in [6, 6.07) is 0.228. The number of thiophene rings is 1. The molecule has 12 heteroatoms. The molecule has 2 N–H and O–H groups in total. The summed E-state index contributed by atoms with van der Waals surface area (Å²) in [4.78, 5) is 35.1. The zero-order valence-electron chi connectivity index (χ0n) is 12.9. The van der Waals surface area contributed by atoms with Crippen LogP contribution in [0.3, 0.4) is 0 Å². The van der Waals surface area contributed by atoms with Crippen LogP contribution in [0.2, 0.25) is 0 Å². The molecule has 2 aromatic rings. The predicted octanol–water partition coefficient (Wildman–Crippen LogP) is 0.847. The summed E-state index contributed by atoms with van der Waals surface area (Å²) in [7, 11) is -3.13. The third-order valence-electron chi connectivity index (χ3n) is 2.59. The molecule has 0 aliphatic carbocycles. The Balaban J connectivity index is 2.19. The van der Waals surface area contributed by atoms with Crippen molar-refractivity contribution in [2.75, 3.05) is 12.4 Å². The molecule has 0 aliphatic rings.